The highest BCUT2D eigenvalue weighted by molar-refractivity contribution is 8.26. The van der Waals surface area contributed by atoms with Gasteiger partial charge in [-0.1, -0.05) is 72.9 Å². The van der Waals surface area contributed by atoms with E-state index in [-0.39, 0.29) is 11.9 Å². The van der Waals surface area contributed by atoms with Crippen LogP contribution in [0.3, 0.4) is 0 Å². The number of thiocarbonyl (C=S) groups is 1. The number of thioether (sulfide) groups is 1. The van der Waals surface area contributed by atoms with E-state index in [9.17, 15) is 14.7 Å². The number of nitrogens with zero attached hydrogens (tertiary/aromatic N) is 1. The topological polar surface area (TPSA) is 57.6 Å². The summed E-state index contributed by atoms with van der Waals surface area (Å²) in [4.78, 5) is 26.8. The Hall–Kier alpha value is -2.44. The van der Waals surface area contributed by atoms with Crippen molar-refractivity contribution in [3.8, 4) is 11.1 Å². The average Bonchev–Trinajstić information content (AvgIpc) is 3.01. The van der Waals surface area contributed by atoms with Crippen LogP contribution in [0.25, 0.3) is 17.2 Å². The van der Waals surface area contributed by atoms with Crippen molar-refractivity contribution in [2.75, 3.05) is 0 Å². The van der Waals surface area contributed by atoms with E-state index in [4.69, 9.17) is 12.2 Å². The van der Waals surface area contributed by atoms with Crippen molar-refractivity contribution in [2.24, 2.45) is 5.92 Å². The van der Waals surface area contributed by atoms with Crippen molar-refractivity contribution in [1.29, 1.82) is 0 Å². The summed E-state index contributed by atoms with van der Waals surface area (Å²) >= 11 is 6.80. The number of carbonyl (C=O) groups is 2. The highest BCUT2D eigenvalue weighted by Gasteiger charge is 2.40. The lowest BCUT2D eigenvalue weighted by atomic mass is 9.85. The minimum atomic E-state index is -0.784. The van der Waals surface area contributed by atoms with Gasteiger partial charge in [-0.15, -0.1) is 0 Å². The van der Waals surface area contributed by atoms with Crippen LogP contribution in [0.2, 0.25) is 0 Å². The Balaban J connectivity index is 1.58. The first-order valence-corrected chi connectivity index (χ1v) is 11.3. The molecular weight excluding hydrogens is 414 g/mol. The molecule has 1 heterocycles. The van der Waals surface area contributed by atoms with Crippen LogP contribution in [0.4, 0.5) is 0 Å². The van der Waals surface area contributed by atoms with Gasteiger partial charge in [0.1, 0.15) is 4.32 Å². The minimum absolute atomic E-state index is 0.109. The molecule has 2 aromatic rings. The van der Waals surface area contributed by atoms with Crippen LogP contribution in [0, 0.1) is 12.8 Å². The molecule has 2 aromatic carbocycles. The molecule has 0 spiro atoms. The third-order valence-electron chi connectivity index (χ3n) is 5.82. The lowest BCUT2D eigenvalue weighted by molar-refractivity contribution is -0.144. The first-order valence-electron chi connectivity index (χ1n) is 10.1. The van der Waals surface area contributed by atoms with Gasteiger partial charge >= 0.3 is 5.97 Å². The number of carboxylic acid groups (broad SMARTS) is 1. The van der Waals surface area contributed by atoms with Crippen molar-refractivity contribution in [3.63, 3.8) is 0 Å². The maximum Gasteiger partial charge on any atom is 0.306 e. The Morgan fingerprint density at radius 3 is 2.77 bits per heavy atom. The third-order valence-corrected chi connectivity index (χ3v) is 7.16. The van der Waals surface area contributed by atoms with Gasteiger partial charge in [-0.3, -0.25) is 14.5 Å². The maximum atomic E-state index is 13.1. The zero-order valence-corrected chi connectivity index (χ0v) is 18.3. The van der Waals surface area contributed by atoms with Gasteiger partial charge in [0.2, 0.25) is 0 Å². The molecule has 1 amide bonds. The van der Waals surface area contributed by atoms with Gasteiger partial charge in [0, 0.05) is 6.04 Å². The second-order valence-electron chi connectivity index (χ2n) is 7.85. The Morgan fingerprint density at radius 2 is 2.00 bits per heavy atom. The molecule has 30 heavy (non-hydrogen) atoms. The summed E-state index contributed by atoms with van der Waals surface area (Å²) in [5.74, 6) is -1.29. The molecule has 154 valence electrons. The molecule has 0 radical (unpaired) electrons. The molecule has 4 rings (SSSR count). The summed E-state index contributed by atoms with van der Waals surface area (Å²) in [6.45, 7) is 2.09. The molecule has 2 unspecified atom stereocenters. The van der Waals surface area contributed by atoms with E-state index in [0.29, 0.717) is 22.1 Å². The van der Waals surface area contributed by atoms with Crippen molar-refractivity contribution >= 4 is 46.3 Å². The molecule has 4 nitrogen and oxygen atoms in total. The summed E-state index contributed by atoms with van der Waals surface area (Å²) in [5, 5.41) is 9.36. The molecule has 2 fully saturated rings. The van der Waals surface area contributed by atoms with Gasteiger partial charge < -0.3 is 5.11 Å². The molecular formula is C24H23NO3S2. The quantitative estimate of drug-likeness (QED) is 0.505. The maximum absolute atomic E-state index is 13.1. The van der Waals surface area contributed by atoms with Crippen molar-refractivity contribution in [3.05, 3.63) is 64.6 Å². The molecule has 1 aliphatic carbocycles. The van der Waals surface area contributed by atoms with Crippen LogP contribution in [-0.4, -0.2) is 32.2 Å². The Bertz CT molecular complexity index is 1050. The molecule has 1 saturated heterocycles. The fourth-order valence-electron chi connectivity index (χ4n) is 4.26. The number of carboxylic acids is 1. The number of carbonyl (C=O) groups excluding carboxylic acids is 1. The average molecular weight is 438 g/mol. The van der Waals surface area contributed by atoms with E-state index < -0.39 is 11.9 Å². The van der Waals surface area contributed by atoms with E-state index in [2.05, 4.69) is 31.2 Å². The van der Waals surface area contributed by atoms with Gasteiger partial charge in [-0.05, 0) is 60.6 Å². The van der Waals surface area contributed by atoms with Gasteiger partial charge in [-0.2, -0.15) is 0 Å². The molecule has 2 aliphatic rings. The lowest BCUT2D eigenvalue weighted by Gasteiger charge is -2.32. The van der Waals surface area contributed by atoms with E-state index in [0.717, 1.165) is 24.0 Å². The molecule has 6 heteroatoms. The number of aryl methyl sites for hydroxylation is 1. The molecule has 1 N–H and O–H groups in total. The Morgan fingerprint density at radius 1 is 1.20 bits per heavy atom. The van der Waals surface area contributed by atoms with Crippen LogP contribution >= 0.6 is 24.0 Å². The normalized spacial score (nSPS) is 23.2. The fourth-order valence-corrected chi connectivity index (χ4v) is 5.66. The first kappa shape index (κ1) is 20.8. The second kappa shape index (κ2) is 8.74. The number of rotatable bonds is 4. The predicted molar refractivity (Wildman–Crippen MR) is 125 cm³/mol. The number of aliphatic carboxylic acids is 1. The number of hydrogen-bond donors (Lipinski definition) is 1. The van der Waals surface area contributed by atoms with Crippen molar-refractivity contribution < 1.29 is 14.7 Å². The summed E-state index contributed by atoms with van der Waals surface area (Å²) in [5.41, 5.74) is 4.42. The number of benzene rings is 2. The molecule has 0 bridgehead atoms. The highest BCUT2D eigenvalue weighted by Crippen LogP contribution is 2.39. The van der Waals surface area contributed by atoms with Gasteiger partial charge in [0.25, 0.3) is 5.91 Å². The Labute approximate surface area is 186 Å². The van der Waals surface area contributed by atoms with Crippen LogP contribution in [0.15, 0.2) is 53.4 Å². The van der Waals surface area contributed by atoms with E-state index in [1.165, 1.54) is 22.9 Å². The summed E-state index contributed by atoms with van der Waals surface area (Å²) in [7, 11) is 0. The summed E-state index contributed by atoms with van der Waals surface area (Å²) in [6, 6.07) is 16.2. The van der Waals surface area contributed by atoms with Gasteiger partial charge in [0.15, 0.2) is 0 Å². The summed E-state index contributed by atoms with van der Waals surface area (Å²) in [6.07, 6.45) is 4.63. The van der Waals surface area contributed by atoms with E-state index >= 15 is 0 Å². The minimum Gasteiger partial charge on any atom is -0.481 e. The molecule has 2 atom stereocenters. The van der Waals surface area contributed by atoms with Gasteiger partial charge in [-0.25, -0.2) is 0 Å². The standard InChI is InChI=1S/C24H23NO3S2/c1-15-6-2-3-11-20(15)17-8-4-7-16(12-17)13-21-22(26)25(24(29)30-21)19-10-5-9-18(14-19)23(27)28/h2-4,6-8,11-13,18-19H,5,9-10,14H2,1H3,(H,27,28). The van der Waals surface area contributed by atoms with E-state index in [1.807, 2.05) is 30.3 Å². The van der Waals surface area contributed by atoms with Crippen LogP contribution in [0.1, 0.15) is 36.8 Å². The largest absolute Gasteiger partial charge is 0.481 e. The second-order valence-corrected chi connectivity index (χ2v) is 9.52. The van der Waals surface area contributed by atoms with Crippen LogP contribution < -0.4 is 0 Å². The fraction of sp³-hybridized carbons (Fsp3) is 0.292. The third kappa shape index (κ3) is 4.20. The smallest absolute Gasteiger partial charge is 0.306 e. The van der Waals surface area contributed by atoms with Crippen LogP contribution in [0.5, 0.6) is 0 Å². The first-order chi connectivity index (χ1) is 14.4. The zero-order chi connectivity index (χ0) is 21.3. The Kier molecular flexibility index (Phi) is 6.06. The van der Waals surface area contributed by atoms with Crippen molar-refractivity contribution in [2.45, 2.75) is 38.6 Å². The van der Waals surface area contributed by atoms with Crippen molar-refractivity contribution in [1.82, 2.24) is 4.90 Å². The molecule has 0 aromatic heterocycles. The highest BCUT2D eigenvalue weighted by atomic mass is 32.2. The lowest BCUT2D eigenvalue weighted by Crippen LogP contribution is -2.42. The predicted octanol–water partition coefficient (Wildman–Crippen LogP) is 5.51. The van der Waals surface area contributed by atoms with Crippen LogP contribution in [-0.2, 0) is 9.59 Å². The number of hydrogen-bond acceptors (Lipinski definition) is 4. The zero-order valence-electron chi connectivity index (χ0n) is 16.7. The molecule has 1 aliphatic heterocycles. The number of amides is 1. The van der Waals surface area contributed by atoms with E-state index in [1.54, 1.807) is 4.90 Å². The monoisotopic (exact) mass is 437 g/mol. The SMILES string of the molecule is Cc1ccccc1-c1cccc(C=C2SC(=S)N(C3CCCC(C(=O)O)C3)C2=O)c1. The summed E-state index contributed by atoms with van der Waals surface area (Å²) < 4.78 is 0.525. The van der Waals surface area contributed by atoms with Gasteiger partial charge in [0.05, 0.1) is 10.8 Å². The molecule has 1 saturated carbocycles.